The standard InChI is InChI=1S/C23H15FN2O4/c24-16-4-2-15(3-5-16)22-25-19(11-14-1-10-20-21(12-14)30-13-29-20)23(28)26(22)17-6-8-18(27)9-7-17/h1-12,27H,13H2/b19-11+. The van der Waals surface area contributed by atoms with Gasteiger partial charge in [-0.15, -0.1) is 0 Å². The van der Waals surface area contributed by atoms with E-state index in [1.165, 1.54) is 29.2 Å². The van der Waals surface area contributed by atoms with E-state index < -0.39 is 0 Å². The third-order valence-corrected chi connectivity index (χ3v) is 4.77. The number of rotatable bonds is 3. The molecule has 2 aliphatic rings. The fourth-order valence-electron chi connectivity index (χ4n) is 3.31. The second-order valence-corrected chi connectivity index (χ2v) is 6.74. The van der Waals surface area contributed by atoms with Crippen molar-refractivity contribution in [2.24, 2.45) is 4.99 Å². The van der Waals surface area contributed by atoms with E-state index in [0.717, 1.165) is 5.56 Å². The Balaban J connectivity index is 1.59. The zero-order chi connectivity index (χ0) is 20.7. The lowest BCUT2D eigenvalue weighted by atomic mass is 10.1. The quantitative estimate of drug-likeness (QED) is 0.670. The summed E-state index contributed by atoms with van der Waals surface area (Å²) < 4.78 is 24.1. The maximum atomic E-state index is 13.4. The number of ether oxygens (including phenoxy) is 2. The first-order valence-electron chi connectivity index (χ1n) is 9.18. The molecule has 0 atom stereocenters. The van der Waals surface area contributed by atoms with Crippen LogP contribution in [0.25, 0.3) is 6.08 Å². The number of halogens is 1. The molecule has 2 aliphatic heterocycles. The van der Waals surface area contributed by atoms with Crippen molar-refractivity contribution in [1.82, 2.24) is 0 Å². The van der Waals surface area contributed by atoms with Gasteiger partial charge in [0.05, 0.1) is 5.69 Å². The summed E-state index contributed by atoms with van der Waals surface area (Å²) in [6.45, 7) is 0.162. The molecule has 0 bridgehead atoms. The van der Waals surface area contributed by atoms with Crippen LogP contribution in [0.3, 0.4) is 0 Å². The van der Waals surface area contributed by atoms with Gasteiger partial charge in [-0.3, -0.25) is 9.69 Å². The minimum atomic E-state index is -0.379. The van der Waals surface area contributed by atoms with E-state index in [-0.39, 0.29) is 30.0 Å². The topological polar surface area (TPSA) is 71.4 Å². The monoisotopic (exact) mass is 402 g/mol. The van der Waals surface area contributed by atoms with Gasteiger partial charge in [-0.1, -0.05) is 6.07 Å². The van der Waals surface area contributed by atoms with Crippen LogP contribution >= 0.6 is 0 Å². The van der Waals surface area contributed by atoms with E-state index in [9.17, 15) is 14.3 Å². The highest BCUT2D eigenvalue weighted by atomic mass is 19.1. The highest BCUT2D eigenvalue weighted by Crippen LogP contribution is 2.34. The largest absolute Gasteiger partial charge is 0.508 e. The number of aromatic hydroxyl groups is 1. The summed E-state index contributed by atoms with van der Waals surface area (Å²) >= 11 is 0. The number of benzene rings is 3. The predicted molar refractivity (Wildman–Crippen MR) is 109 cm³/mol. The molecule has 2 heterocycles. The number of carbonyl (C=O) groups excluding carboxylic acids is 1. The normalized spacial score (nSPS) is 16.3. The second kappa shape index (κ2) is 7.04. The zero-order valence-electron chi connectivity index (χ0n) is 15.6. The van der Waals surface area contributed by atoms with Crippen LogP contribution in [0.2, 0.25) is 0 Å². The predicted octanol–water partition coefficient (Wildman–Crippen LogP) is 4.09. The molecule has 0 saturated carbocycles. The van der Waals surface area contributed by atoms with Crippen LogP contribution in [-0.4, -0.2) is 23.6 Å². The Kier molecular flexibility index (Phi) is 4.21. The van der Waals surface area contributed by atoms with Gasteiger partial charge in [0.1, 0.15) is 23.1 Å². The summed E-state index contributed by atoms with van der Waals surface area (Å²) in [4.78, 5) is 19.2. The van der Waals surface area contributed by atoms with E-state index in [4.69, 9.17) is 9.47 Å². The Morgan fingerprint density at radius 3 is 2.47 bits per heavy atom. The number of fused-ring (bicyclic) bond motifs is 1. The number of hydrogen-bond acceptors (Lipinski definition) is 5. The first-order chi connectivity index (χ1) is 14.6. The Morgan fingerprint density at radius 2 is 1.70 bits per heavy atom. The highest BCUT2D eigenvalue weighted by molar-refractivity contribution is 6.33. The Morgan fingerprint density at radius 1 is 0.967 bits per heavy atom. The molecule has 7 heteroatoms. The molecule has 0 fully saturated rings. The fraction of sp³-hybridized carbons (Fsp3) is 0.0435. The first kappa shape index (κ1) is 17.9. The van der Waals surface area contributed by atoms with Gasteiger partial charge in [-0.2, -0.15) is 0 Å². The van der Waals surface area contributed by atoms with Crippen molar-refractivity contribution in [3.63, 3.8) is 0 Å². The number of nitrogens with zero attached hydrogens (tertiary/aromatic N) is 2. The summed E-state index contributed by atoms with van der Waals surface area (Å²) in [5.41, 5.74) is 2.08. The molecular formula is C23H15FN2O4. The number of phenols is 1. The van der Waals surface area contributed by atoms with Crippen molar-refractivity contribution in [2.45, 2.75) is 0 Å². The summed E-state index contributed by atoms with van der Waals surface area (Å²) in [5.74, 6) is 0.997. The van der Waals surface area contributed by atoms with Gasteiger partial charge in [0.25, 0.3) is 5.91 Å². The van der Waals surface area contributed by atoms with Gasteiger partial charge in [0, 0.05) is 5.56 Å². The Labute approximate surface area is 171 Å². The number of amidine groups is 1. The molecule has 6 nitrogen and oxygen atoms in total. The van der Waals surface area contributed by atoms with Crippen molar-refractivity contribution in [3.05, 3.63) is 89.4 Å². The van der Waals surface area contributed by atoms with E-state index in [1.54, 1.807) is 42.5 Å². The number of amides is 1. The molecule has 0 radical (unpaired) electrons. The lowest BCUT2D eigenvalue weighted by Crippen LogP contribution is -2.32. The van der Waals surface area contributed by atoms with Gasteiger partial charge in [0.15, 0.2) is 11.5 Å². The number of phenolic OH excluding ortho intramolecular Hbond substituents is 1. The molecule has 5 rings (SSSR count). The maximum absolute atomic E-state index is 13.4. The smallest absolute Gasteiger partial charge is 0.282 e. The summed E-state index contributed by atoms with van der Waals surface area (Å²) in [5, 5.41) is 9.59. The molecule has 0 unspecified atom stereocenters. The zero-order valence-corrected chi connectivity index (χ0v) is 15.6. The van der Waals surface area contributed by atoms with Gasteiger partial charge in [-0.25, -0.2) is 9.38 Å². The molecule has 1 N–H and O–H groups in total. The van der Waals surface area contributed by atoms with Gasteiger partial charge < -0.3 is 14.6 Å². The average Bonchev–Trinajstić information content (AvgIpc) is 3.34. The third kappa shape index (κ3) is 3.16. The van der Waals surface area contributed by atoms with Crippen LogP contribution in [0.4, 0.5) is 10.1 Å². The van der Waals surface area contributed by atoms with Crippen LogP contribution in [-0.2, 0) is 4.79 Å². The van der Waals surface area contributed by atoms with E-state index in [1.807, 2.05) is 6.07 Å². The van der Waals surface area contributed by atoms with Crippen LogP contribution in [0, 0.1) is 5.82 Å². The SMILES string of the molecule is O=C1/C(=C\c2ccc3c(c2)OCO3)N=C(c2ccc(F)cc2)N1c1ccc(O)cc1. The van der Waals surface area contributed by atoms with Crippen LogP contribution in [0.1, 0.15) is 11.1 Å². The molecule has 148 valence electrons. The maximum Gasteiger partial charge on any atom is 0.282 e. The Hall–Kier alpha value is -4.13. The van der Waals surface area contributed by atoms with E-state index in [0.29, 0.717) is 28.6 Å². The molecule has 0 aliphatic carbocycles. The van der Waals surface area contributed by atoms with Crippen LogP contribution in [0.5, 0.6) is 17.2 Å². The highest BCUT2D eigenvalue weighted by Gasteiger charge is 2.32. The van der Waals surface area contributed by atoms with E-state index >= 15 is 0 Å². The molecule has 0 aromatic heterocycles. The molecule has 0 saturated heterocycles. The number of hydrogen-bond donors (Lipinski definition) is 1. The summed E-state index contributed by atoms with van der Waals surface area (Å²) in [6.07, 6.45) is 1.66. The molecule has 3 aromatic rings. The lowest BCUT2D eigenvalue weighted by molar-refractivity contribution is -0.113. The molecule has 3 aromatic carbocycles. The number of carbonyl (C=O) groups is 1. The fourth-order valence-corrected chi connectivity index (χ4v) is 3.31. The van der Waals surface area contributed by atoms with Gasteiger partial charge in [-0.05, 0) is 72.3 Å². The van der Waals surface area contributed by atoms with Crippen molar-refractivity contribution < 1.29 is 23.8 Å². The van der Waals surface area contributed by atoms with Crippen molar-refractivity contribution >= 4 is 23.5 Å². The lowest BCUT2D eigenvalue weighted by Gasteiger charge is -2.18. The third-order valence-electron chi connectivity index (χ3n) is 4.77. The van der Waals surface area contributed by atoms with Crippen molar-refractivity contribution in [2.75, 3.05) is 11.7 Å². The number of aliphatic imine (C=N–C) groups is 1. The molecule has 30 heavy (non-hydrogen) atoms. The first-order valence-corrected chi connectivity index (χ1v) is 9.18. The van der Waals surface area contributed by atoms with Crippen molar-refractivity contribution in [1.29, 1.82) is 0 Å². The van der Waals surface area contributed by atoms with Crippen molar-refractivity contribution in [3.8, 4) is 17.2 Å². The van der Waals surface area contributed by atoms with Gasteiger partial charge in [0.2, 0.25) is 6.79 Å². The summed E-state index contributed by atoms with van der Waals surface area (Å²) in [6, 6.07) is 17.4. The van der Waals surface area contributed by atoms with E-state index in [2.05, 4.69) is 4.99 Å². The Bertz CT molecular complexity index is 1200. The minimum absolute atomic E-state index is 0.0850. The van der Waals surface area contributed by atoms with Crippen LogP contribution < -0.4 is 14.4 Å². The molecule has 1 amide bonds. The second-order valence-electron chi connectivity index (χ2n) is 6.74. The number of anilines is 1. The molecule has 0 spiro atoms. The van der Waals surface area contributed by atoms with Crippen LogP contribution in [0.15, 0.2) is 77.4 Å². The van der Waals surface area contributed by atoms with Gasteiger partial charge >= 0.3 is 0 Å². The minimum Gasteiger partial charge on any atom is -0.508 e. The average molecular weight is 402 g/mol. The molecular weight excluding hydrogens is 387 g/mol. The summed E-state index contributed by atoms with van der Waals surface area (Å²) in [7, 11) is 0.